The maximum absolute atomic E-state index is 12.7. The van der Waals surface area contributed by atoms with Crippen LogP contribution in [0.15, 0.2) is 66.0 Å². The van der Waals surface area contributed by atoms with Crippen molar-refractivity contribution in [1.82, 2.24) is 4.90 Å². The van der Waals surface area contributed by atoms with E-state index in [2.05, 4.69) is 24.1 Å². The Kier molecular flexibility index (Phi) is 7.29. The highest BCUT2D eigenvalue weighted by atomic mass is 32.1. The van der Waals surface area contributed by atoms with E-state index in [1.807, 2.05) is 58.8 Å². The fraction of sp³-hybridized carbons (Fsp3) is 0.308. The Morgan fingerprint density at radius 1 is 1.00 bits per heavy atom. The zero-order valence-corrected chi connectivity index (χ0v) is 19.8. The maximum Gasteiger partial charge on any atom is 0.264 e. The van der Waals surface area contributed by atoms with E-state index in [-0.39, 0.29) is 11.8 Å². The molecule has 33 heavy (non-hydrogen) atoms. The molecule has 0 saturated carbocycles. The quantitative estimate of drug-likeness (QED) is 0.536. The maximum atomic E-state index is 12.7. The second kappa shape index (κ2) is 10.5. The Hall–Kier alpha value is -3.32. The van der Waals surface area contributed by atoms with E-state index in [1.54, 1.807) is 12.1 Å². The van der Waals surface area contributed by atoms with Gasteiger partial charge < -0.3 is 19.9 Å². The van der Waals surface area contributed by atoms with Crippen molar-refractivity contribution in [2.45, 2.75) is 13.8 Å². The predicted molar refractivity (Wildman–Crippen MR) is 134 cm³/mol. The van der Waals surface area contributed by atoms with Crippen molar-refractivity contribution in [1.29, 1.82) is 0 Å². The van der Waals surface area contributed by atoms with E-state index >= 15 is 0 Å². The number of benzene rings is 2. The summed E-state index contributed by atoms with van der Waals surface area (Å²) in [4.78, 5) is 30.2. The number of ether oxygens (including phenoxy) is 1. The number of amides is 2. The van der Waals surface area contributed by atoms with Crippen molar-refractivity contribution in [3.63, 3.8) is 0 Å². The standard InChI is InChI=1S/C26H29N3O3S/c1-19(2)18-32-23-6-3-5-20(17-23)25(30)27-21-8-10-22(11-9-21)28-12-14-29(15-13-28)26(31)24-7-4-16-33-24/h3-11,16-17,19H,12-15,18H2,1-2H3,(H,27,30). The van der Waals surface area contributed by atoms with Crippen LogP contribution < -0.4 is 15.0 Å². The summed E-state index contributed by atoms with van der Waals surface area (Å²) in [5.74, 6) is 1.06. The molecule has 0 spiro atoms. The first-order chi connectivity index (χ1) is 16.0. The van der Waals surface area contributed by atoms with Gasteiger partial charge >= 0.3 is 0 Å². The molecule has 0 radical (unpaired) electrons. The van der Waals surface area contributed by atoms with Crippen LogP contribution in [0.4, 0.5) is 11.4 Å². The zero-order chi connectivity index (χ0) is 23.2. The Balaban J connectivity index is 1.31. The van der Waals surface area contributed by atoms with Crippen LogP contribution in [0.3, 0.4) is 0 Å². The summed E-state index contributed by atoms with van der Waals surface area (Å²) in [7, 11) is 0. The lowest BCUT2D eigenvalue weighted by Gasteiger charge is -2.36. The van der Waals surface area contributed by atoms with Gasteiger partial charge in [0.05, 0.1) is 11.5 Å². The first-order valence-corrected chi connectivity index (χ1v) is 12.1. The number of hydrogen-bond donors (Lipinski definition) is 1. The number of hydrogen-bond acceptors (Lipinski definition) is 5. The van der Waals surface area contributed by atoms with Gasteiger partial charge in [-0.25, -0.2) is 0 Å². The molecule has 172 valence electrons. The van der Waals surface area contributed by atoms with Crippen LogP contribution in [0, 0.1) is 5.92 Å². The summed E-state index contributed by atoms with van der Waals surface area (Å²) in [5.41, 5.74) is 2.39. The van der Waals surface area contributed by atoms with Crippen molar-refractivity contribution < 1.29 is 14.3 Å². The van der Waals surface area contributed by atoms with Crippen LogP contribution in [0.1, 0.15) is 33.9 Å². The molecule has 6 nitrogen and oxygen atoms in total. The number of anilines is 2. The largest absolute Gasteiger partial charge is 0.493 e. The molecule has 2 aromatic carbocycles. The zero-order valence-electron chi connectivity index (χ0n) is 19.0. The Morgan fingerprint density at radius 2 is 1.76 bits per heavy atom. The highest BCUT2D eigenvalue weighted by molar-refractivity contribution is 7.12. The van der Waals surface area contributed by atoms with Crippen molar-refractivity contribution in [3.05, 3.63) is 76.5 Å². The lowest BCUT2D eigenvalue weighted by atomic mass is 10.2. The molecule has 0 atom stereocenters. The van der Waals surface area contributed by atoms with Crippen LogP contribution in [0.2, 0.25) is 0 Å². The molecule has 2 heterocycles. The fourth-order valence-corrected chi connectivity index (χ4v) is 4.36. The Morgan fingerprint density at radius 3 is 2.42 bits per heavy atom. The van der Waals surface area contributed by atoms with Gasteiger partial charge in [-0.3, -0.25) is 9.59 Å². The number of rotatable bonds is 7. The van der Waals surface area contributed by atoms with E-state index in [1.165, 1.54) is 11.3 Å². The van der Waals surface area contributed by atoms with Gasteiger partial charge in [0.2, 0.25) is 0 Å². The number of nitrogens with zero attached hydrogens (tertiary/aromatic N) is 2. The molecule has 1 aromatic heterocycles. The van der Waals surface area contributed by atoms with Crippen LogP contribution in [0.5, 0.6) is 5.75 Å². The number of thiophene rings is 1. The van der Waals surface area contributed by atoms with Crippen molar-refractivity contribution in [2.24, 2.45) is 5.92 Å². The van der Waals surface area contributed by atoms with E-state index in [0.29, 0.717) is 36.9 Å². The van der Waals surface area contributed by atoms with Gasteiger partial charge in [-0.1, -0.05) is 26.0 Å². The molecule has 0 unspecified atom stereocenters. The minimum absolute atomic E-state index is 0.112. The molecule has 2 amide bonds. The van der Waals surface area contributed by atoms with Gasteiger partial charge in [0.25, 0.3) is 11.8 Å². The van der Waals surface area contributed by atoms with Crippen LogP contribution >= 0.6 is 11.3 Å². The first-order valence-electron chi connectivity index (χ1n) is 11.2. The van der Waals surface area contributed by atoms with Gasteiger partial charge in [0, 0.05) is 43.1 Å². The lowest BCUT2D eigenvalue weighted by Crippen LogP contribution is -2.48. The second-order valence-electron chi connectivity index (χ2n) is 8.49. The van der Waals surface area contributed by atoms with Crippen LogP contribution in [-0.2, 0) is 0 Å². The topological polar surface area (TPSA) is 61.9 Å². The average Bonchev–Trinajstić information content (AvgIpc) is 3.38. The number of carbonyl (C=O) groups is 2. The van der Waals surface area contributed by atoms with Gasteiger partial charge in [-0.15, -0.1) is 11.3 Å². The average molecular weight is 464 g/mol. The molecular weight excluding hydrogens is 434 g/mol. The normalized spacial score (nSPS) is 13.8. The van der Waals surface area contributed by atoms with Crippen molar-refractivity contribution in [2.75, 3.05) is 43.0 Å². The molecule has 0 bridgehead atoms. The molecule has 4 rings (SSSR count). The van der Waals surface area contributed by atoms with Crippen LogP contribution in [0.25, 0.3) is 0 Å². The Labute approximate surface area is 198 Å². The summed E-state index contributed by atoms with van der Waals surface area (Å²) >= 11 is 1.48. The molecule has 1 aliphatic heterocycles. The molecule has 0 aliphatic carbocycles. The van der Waals surface area contributed by atoms with Gasteiger partial charge in [0.15, 0.2) is 0 Å². The molecular formula is C26H29N3O3S. The van der Waals surface area contributed by atoms with Gasteiger partial charge in [0.1, 0.15) is 5.75 Å². The highest BCUT2D eigenvalue weighted by Crippen LogP contribution is 2.22. The third-order valence-corrected chi connectivity index (χ3v) is 6.33. The monoisotopic (exact) mass is 463 g/mol. The molecule has 1 aliphatic rings. The molecule has 3 aromatic rings. The number of nitrogens with one attached hydrogen (secondary N) is 1. The predicted octanol–water partition coefficient (Wildman–Crippen LogP) is 5.00. The molecule has 1 N–H and O–H groups in total. The second-order valence-corrected chi connectivity index (χ2v) is 9.44. The Bertz CT molecular complexity index is 1070. The van der Waals surface area contributed by atoms with Gasteiger partial charge in [-0.2, -0.15) is 0 Å². The highest BCUT2D eigenvalue weighted by Gasteiger charge is 2.22. The molecule has 1 saturated heterocycles. The summed E-state index contributed by atoms with van der Waals surface area (Å²) in [5, 5.41) is 4.89. The van der Waals surface area contributed by atoms with Crippen molar-refractivity contribution in [3.8, 4) is 5.75 Å². The summed E-state index contributed by atoms with van der Waals surface area (Å²) in [6.45, 7) is 7.76. The summed E-state index contributed by atoms with van der Waals surface area (Å²) in [6.07, 6.45) is 0. The van der Waals surface area contributed by atoms with Crippen molar-refractivity contribution >= 4 is 34.5 Å². The number of piperazine rings is 1. The minimum atomic E-state index is -0.168. The van der Waals surface area contributed by atoms with E-state index in [9.17, 15) is 9.59 Å². The first kappa shape index (κ1) is 22.9. The van der Waals surface area contributed by atoms with E-state index in [0.717, 1.165) is 29.3 Å². The SMILES string of the molecule is CC(C)COc1cccc(C(=O)Nc2ccc(N3CCN(C(=O)c4cccs4)CC3)cc2)c1. The fourth-order valence-electron chi connectivity index (χ4n) is 3.67. The van der Waals surface area contributed by atoms with E-state index in [4.69, 9.17) is 4.74 Å². The third kappa shape index (κ3) is 5.93. The van der Waals surface area contributed by atoms with Crippen LogP contribution in [-0.4, -0.2) is 49.5 Å². The smallest absolute Gasteiger partial charge is 0.264 e. The lowest BCUT2D eigenvalue weighted by molar-refractivity contribution is 0.0751. The summed E-state index contributed by atoms with van der Waals surface area (Å²) in [6, 6.07) is 18.9. The molecule has 1 fully saturated rings. The summed E-state index contributed by atoms with van der Waals surface area (Å²) < 4.78 is 5.73. The molecule has 7 heteroatoms. The minimum Gasteiger partial charge on any atom is -0.493 e. The third-order valence-electron chi connectivity index (χ3n) is 5.47. The van der Waals surface area contributed by atoms with E-state index < -0.39 is 0 Å². The van der Waals surface area contributed by atoms with Gasteiger partial charge in [-0.05, 0) is 59.8 Å². The number of carbonyl (C=O) groups excluding carboxylic acids is 2.